The van der Waals surface area contributed by atoms with Crippen molar-refractivity contribution < 1.29 is 12.8 Å². The van der Waals surface area contributed by atoms with Gasteiger partial charge in [-0.1, -0.05) is 17.7 Å². The summed E-state index contributed by atoms with van der Waals surface area (Å²) in [6.07, 6.45) is 2.71. The van der Waals surface area contributed by atoms with Crippen molar-refractivity contribution in [2.75, 3.05) is 0 Å². The molecule has 1 aromatic heterocycles. The van der Waals surface area contributed by atoms with Gasteiger partial charge in [0.15, 0.2) is 0 Å². The Labute approximate surface area is 112 Å². The Bertz CT molecular complexity index is 644. The van der Waals surface area contributed by atoms with Crippen LogP contribution >= 0.6 is 0 Å². The Morgan fingerprint density at radius 1 is 1.26 bits per heavy atom. The fraction of sp³-hybridized carbons (Fsp3) is 0.154. The molecule has 0 radical (unpaired) electrons. The molecule has 1 N–H and O–H groups in total. The number of aliphatic imine (C=N–C) groups is 1. The van der Waals surface area contributed by atoms with Crippen molar-refractivity contribution in [2.24, 2.45) is 4.99 Å². The maximum Gasteiger partial charge on any atom is 0.262 e. The smallest absolute Gasteiger partial charge is 0.262 e. The van der Waals surface area contributed by atoms with E-state index in [0.29, 0.717) is 12.3 Å². The molecule has 1 heterocycles. The SMILES string of the molecule is Cc1ccc(S(=O)(=O)NC=NCc2ccco2)cc1. The van der Waals surface area contributed by atoms with Crippen molar-refractivity contribution >= 4 is 16.4 Å². The van der Waals surface area contributed by atoms with E-state index in [1.807, 2.05) is 6.92 Å². The summed E-state index contributed by atoms with van der Waals surface area (Å²) in [6, 6.07) is 10.1. The van der Waals surface area contributed by atoms with E-state index in [4.69, 9.17) is 4.42 Å². The first kappa shape index (κ1) is 13.4. The van der Waals surface area contributed by atoms with Gasteiger partial charge in [0.25, 0.3) is 10.0 Å². The number of nitrogens with zero attached hydrogens (tertiary/aromatic N) is 1. The molecule has 0 spiro atoms. The average molecular weight is 278 g/mol. The summed E-state index contributed by atoms with van der Waals surface area (Å²) in [6.45, 7) is 2.19. The van der Waals surface area contributed by atoms with E-state index in [0.717, 1.165) is 11.9 Å². The van der Waals surface area contributed by atoms with Gasteiger partial charge in [0.2, 0.25) is 0 Å². The summed E-state index contributed by atoms with van der Waals surface area (Å²) in [4.78, 5) is 4.14. The number of hydrogen-bond acceptors (Lipinski definition) is 4. The predicted molar refractivity (Wildman–Crippen MR) is 72.4 cm³/mol. The molecule has 0 aliphatic rings. The highest BCUT2D eigenvalue weighted by Crippen LogP contribution is 2.09. The number of furan rings is 1. The van der Waals surface area contributed by atoms with Crippen molar-refractivity contribution in [1.82, 2.24) is 4.72 Å². The maximum atomic E-state index is 11.9. The molecule has 100 valence electrons. The monoisotopic (exact) mass is 278 g/mol. The lowest BCUT2D eigenvalue weighted by atomic mass is 10.2. The van der Waals surface area contributed by atoms with Gasteiger partial charge in [-0.2, -0.15) is 0 Å². The number of hydrogen-bond donors (Lipinski definition) is 1. The van der Waals surface area contributed by atoms with Crippen LogP contribution in [0.3, 0.4) is 0 Å². The van der Waals surface area contributed by atoms with Gasteiger partial charge in [0.05, 0.1) is 24.0 Å². The van der Waals surface area contributed by atoms with Gasteiger partial charge in [0, 0.05) is 0 Å². The van der Waals surface area contributed by atoms with E-state index < -0.39 is 10.0 Å². The van der Waals surface area contributed by atoms with Crippen LogP contribution in [0.5, 0.6) is 0 Å². The Hall–Kier alpha value is -2.08. The minimum absolute atomic E-state index is 0.211. The first-order chi connectivity index (χ1) is 9.08. The normalized spacial score (nSPS) is 11.8. The molecular formula is C13H14N2O3S. The second-order valence-corrected chi connectivity index (χ2v) is 5.70. The van der Waals surface area contributed by atoms with Crippen molar-refractivity contribution in [2.45, 2.75) is 18.4 Å². The van der Waals surface area contributed by atoms with Crippen LogP contribution in [0.4, 0.5) is 0 Å². The molecule has 0 saturated heterocycles. The van der Waals surface area contributed by atoms with E-state index >= 15 is 0 Å². The standard InChI is InChI=1S/C13H14N2O3S/c1-11-4-6-13(7-5-11)19(16,17)15-10-14-9-12-3-2-8-18-12/h2-8,10H,9H2,1H3,(H,14,15). The molecule has 0 saturated carbocycles. The van der Waals surface area contributed by atoms with Crippen LogP contribution in [0.1, 0.15) is 11.3 Å². The molecule has 0 fully saturated rings. The lowest BCUT2D eigenvalue weighted by Gasteiger charge is -2.03. The fourth-order valence-electron chi connectivity index (χ4n) is 1.43. The lowest BCUT2D eigenvalue weighted by molar-refractivity contribution is 0.513. The topological polar surface area (TPSA) is 71.7 Å². The number of benzene rings is 1. The second kappa shape index (κ2) is 5.71. The largest absolute Gasteiger partial charge is 0.467 e. The van der Waals surface area contributed by atoms with E-state index in [-0.39, 0.29) is 4.90 Å². The third-order valence-corrected chi connectivity index (χ3v) is 3.77. The molecule has 5 nitrogen and oxygen atoms in total. The van der Waals surface area contributed by atoms with Crippen LogP contribution in [0.2, 0.25) is 0 Å². The summed E-state index contributed by atoms with van der Waals surface area (Å²) in [5, 5.41) is 0. The molecule has 0 atom stereocenters. The molecule has 0 aliphatic carbocycles. The van der Waals surface area contributed by atoms with Crippen LogP contribution in [0, 0.1) is 6.92 Å². The summed E-state index contributed by atoms with van der Waals surface area (Å²) < 4.78 is 31.1. The first-order valence-electron chi connectivity index (χ1n) is 5.67. The molecular weight excluding hydrogens is 264 g/mol. The first-order valence-corrected chi connectivity index (χ1v) is 7.16. The van der Waals surface area contributed by atoms with E-state index in [1.165, 1.54) is 0 Å². The zero-order valence-corrected chi connectivity index (χ0v) is 11.2. The summed E-state index contributed by atoms with van der Waals surface area (Å²) in [5.41, 5.74) is 1.01. The van der Waals surface area contributed by atoms with E-state index in [9.17, 15) is 8.42 Å². The Kier molecular flexibility index (Phi) is 4.01. The molecule has 2 aromatic rings. The summed E-state index contributed by atoms with van der Waals surface area (Å²) in [7, 11) is -3.55. The van der Waals surface area contributed by atoms with Gasteiger partial charge in [-0.15, -0.1) is 0 Å². The molecule has 0 aliphatic heterocycles. The fourth-order valence-corrected chi connectivity index (χ4v) is 2.27. The van der Waals surface area contributed by atoms with Crippen LogP contribution in [0.15, 0.2) is 57.0 Å². The van der Waals surface area contributed by atoms with Crippen molar-refractivity contribution in [3.8, 4) is 0 Å². The molecule has 0 bridgehead atoms. The van der Waals surface area contributed by atoms with Crippen molar-refractivity contribution in [3.05, 3.63) is 54.0 Å². The minimum atomic E-state index is -3.55. The third kappa shape index (κ3) is 3.69. The maximum absolute atomic E-state index is 11.9. The summed E-state index contributed by atoms with van der Waals surface area (Å²) >= 11 is 0. The Morgan fingerprint density at radius 2 is 2.00 bits per heavy atom. The Balaban J connectivity index is 1.98. The zero-order chi connectivity index (χ0) is 13.7. The predicted octanol–water partition coefficient (Wildman–Crippen LogP) is 2.09. The molecule has 6 heteroatoms. The average Bonchev–Trinajstić information content (AvgIpc) is 2.88. The highest BCUT2D eigenvalue weighted by atomic mass is 32.2. The van der Waals surface area contributed by atoms with E-state index in [2.05, 4.69) is 9.71 Å². The van der Waals surface area contributed by atoms with Crippen molar-refractivity contribution in [3.63, 3.8) is 0 Å². The molecule has 0 amide bonds. The van der Waals surface area contributed by atoms with Gasteiger partial charge in [-0.3, -0.25) is 9.71 Å². The quantitative estimate of drug-likeness (QED) is 0.672. The Morgan fingerprint density at radius 3 is 2.63 bits per heavy atom. The zero-order valence-electron chi connectivity index (χ0n) is 10.4. The number of nitrogens with one attached hydrogen (secondary N) is 1. The third-order valence-electron chi connectivity index (χ3n) is 2.46. The highest BCUT2D eigenvalue weighted by Gasteiger charge is 2.10. The summed E-state index contributed by atoms with van der Waals surface area (Å²) in [5.74, 6) is 0.672. The van der Waals surface area contributed by atoms with Gasteiger partial charge in [-0.05, 0) is 31.2 Å². The molecule has 2 rings (SSSR count). The minimum Gasteiger partial charge on any atom is -0.467 e. The lowest BCUT2D eigenvalue weighted by Crippen LogP contribution is -2.22. The van der Waals surface area contributed by atoms with Gasteiger partial charge >= 0.3 is 0 Å². The van der Waals surface area contributed by atoms with Gasteiger partial charge in [0.1, 0.15) is 5.76 Å². The van der Waals surface area contributed by atoms with Gasteiger partial charge in [-0.25, -0.2) is 8.42 Å². The molecule has 19 heavy (non-hydrogen) atoms. The van der Waals surface area contributed by atoms with Crippen LogP contribution in [-0.4, -0.2) is 14.8 Å². The van der Waals surface area contributed by atoms with Crippen LogP contribution in [0.25, 0.3) is 0 Å². The van der Waals surface area contributed by atoms with E-state index in [1.54, 1.807) is 42.7 Å². The number of rotatable bonds is 5. The van der Waals surface area contributed by atoms with Gasteiger partial charge < -0.3 is 4.42 Å². The number of aryl methyl sites for hydroxylation is 1. The van der Waals surface area contributed by atoms with Crippen LogP contribution < -0.4 is 4.72 Å². The molecule has 1 aromatic carbocycles. The van der Waals surface area contributed by atoms with Crippen molar-refractivity contribution in [1.29, 1.82) is 0 Å². The second-order valence-electron chi connectivity index (χ2n) is 3.98. The number of sulfonamides is 1. The van der Waals surface area contributed by atoms with Crippen LogP contribution in [-0.2, 0) is 16.6 Å². The highest BCUT2D eigenvalue weighted by molar-refractivity contribution is 7.90. The molecule has 0 unspecified atom stereocenters.